The fraction of sp³-hybridized carbons (Fsp3) is 0.231. The standard InChI is InChI=1S/C13H16N2O2/c1-16-12-5-3-2-4-10(12)8-15-9-11-6-7-13(14)17-11/h2-7,15H,8-9,14H2,1H3. The number of ether oxygens (including phenoxy) is 1. The van der Waals surface area contributed by atoms with Crippen LogP contribution in [0, 0.1) is 0 Å². The van der Waals surface area contributed by atoms with Crippen molar-refractivity contribution in [1.29, 1.82) is 0 Å². The molecule has 1 aromatic carbocycles. The van der Waals surface area contributed by atoms with Crippen molar-refractivity contribution < 1.29 is 9.15 Å². The Bertz CT molecular complexity index is 480. The number of rotatable bonds is 5. The van der Waals surface area contributed by atoms with E-state index in [-0.39, 0.29) is 0 Å². The summed E-state index contributed by atoms with van der Waals surface area (Å²) in [6, 6.07) is 11.5. The quantitative estimate of drug-likeness (QED) is 0.829. The Kier molecular flexibility index (Phi) is 3.67. The molecule has 0 saturated carbocycles. The molecule has 0 saturated heterocycles. The summed E-state index contributed by atoms with van der Waals surface area (Å²) in [6.07, 6.45) is 0. The summed E-state index contributed by atoms with van der Waals surface area (Å²) in [5.74, 6) is 2.16. The predicted octanol–water partition coefficient (Wildman–Crippen LogP) is 2.16. The van der Waals surface area contributed by atoms with E-state index >= 15 is 0 Å². The first-order valence-corrected chi connectivity index (χ1v) is 5.46. The van der Waals surface area contributed by atoms with E-state index < -0.39 is 0 Å². The average Bonchev–Trinajstić information content (AvgIpc) is 2.76. The number of nitrogens with two attached hydrogens (primary N) is 1. The first-order chi connectivity index (χ1) is 8.29. The zero-order valence-electron chi connectivity index (χ0n) is 9.77. The van der Waals surface area contributed by atoms with Gasteiger partial charge in [0.15, 0.2) is 5.88 Å². The van der Waals surface area contributed by atoms with Crippen molar-refractivity contribution in [2.75, 3.05) is 12.8 Å². The molecule has 1 heterocycles. The molecule has 4 heteroatoms. The second-order valence-electron chi connectivity index (χ2n) is 3.72. The fourth-order valence-corrected chi connectivity index (χ4v) is 1.66. The average molecular weight is 232 g/mol. The van der Waals surface area contributed by atoms with Crippen molar-refractivity contribution in [3.8, 4) is 5.75 Å². The van der Waals surface area contributed by atoms with Crippen molar-refractivity contribution in [3.05, 3.63) is 47.7 Å². The minimum absolute atomic E-state index is 0.444. The summed E-state index contributed by atoms with van der Waals surface area (Å²) in [6.45, 7) is 1.37. The summed E-state index contributed by atoms with van der Waals surface area (Å²) in [5, 5.41) is 3.28. The lowest BCUT2D eigenvalue weighted by molar-refractivity contribution is 0.406. The molecule has 2 rings (SSSR count). The van der Waals surface area contributed by atoms with Gasteiger partial charge in [-0.25, -0.2) is 0 Å². The molecule has 0 amide bonds. The number of furan rings is 1. The maximum absolute atomic E-state index is 5.49. The Hall–Kier alpha value is -1.94. The van der Waals surface area contributed by atoms with Crippen LogP contribution >= 0.6 is 0 Å². The van der Waals surface area contributed by atoms with Crippen LogP contribution in [0.4, 0.5) is 5.88 Å². The van der Waals surface area contributed by atoms with Crippen LogP contribution in [-0.4, -0.2) is 7.11 Å². The molecular weight excluding hydrogens is 216 g/mol. The minimum Gasteiger partial charge on any atom is -0.496 e. The van der Waals surface area contributed by atoms with Gasteiger partial charge in [0, 0.05) is 18.2 Å². The van der Waals surface area contributed by atoms with E-state index in [2.05, 4.69) is 5.32 Å². The third kappa shape index (κ3) is 3.01. The second-order valence-corrected chi connectivity index (χ2v) is 3.72. The van der Waals surface area contributed by atoms with E-state index in [0.717, 1.165) is 23.6 Å². The Morgan fingerprint density at radius 1 is 1.18 bits per heavy atom. The maximum Gasteiger partial charge on any atom is 0.190 e. The molecule has 0 aliphatic heterocycles. The first kappa shape index (κ1) is 11.5. The molecule has 4 nitrogen and oxygen atoms in total. The number of nitrogens with one attached hydrogen (secondary N) is 1. The van der Waals surface area contributed by atoms with E-state index in [1.165, 1.54) is 0 Å². The van der Waals surface area contributed by atoms with E-state index in [9.17, 15) is 0 Å². The van der Waals surface area contributed by atoms with Crippen molar-refractivity contribution in [2.24, 2.45) is 0 Å². The van der Waals surface area contributed by atoms with Crippen LogP contribution in [0.5, 0.6) is 5.75 Å². The van der Waals surface area contributed by atoms with Gasteiger partial charge < -0.3 is 20.2 Å². The van der Waals surface area contributed by atoms with Crippen LogP contribution in [0.25, 0.3) is 0 Å². The highest BCUT2D eigenvalue weighted by atomic mass is 16.5. The predicted molar refractivity (Wildman–Crippen MR) is 66.7 cm³/mol. The van der Waals surface area contributed by atoms with Crippen LogP contribution in [0.3, 0.4) is 0 Å². The van der Waals surface area contributed by atoms with Gasteiger partial charge in [0.25, 0.3) is 0 Å². The number of hydrogen-bond acceptors (Lipinski definition) is 4. The molecule has 17 heavy (non-hydrogen) atoms. The van der Waals surface area contributed by atoms with E-state index in [4.69, 9.17) is 14.9 Å². The molecule has 0 spiro atoms. The lowest BCUT2D eigenvalue weighted by atomic mass is 10.2. The lowest BCUT2D eigenvalue weighted by Crippen LogP contribution is -2.12. The molecule has 0 radical (unpaired) electrons. The van der Waals surface area contributed by atoms with Crippen LogP contribution in [0.15, 0.2) is 40.8 Å². The van der Waals surface area contributed by atoms with E-state index in [1.807, 2.05) is 30.3 Å². The van der Waals surface area contributed by atoms with Gasteiger partial charge in [-0.05, 0) is 12.1 Å². The highest BCUT2D eigenvalue weighted by Crippen LogP contribution is 2.17. The fourth-order valence-electron chi connectivity index (χ4n) is 1.66. The van der Waals surface area contributed by atoms with Crippen LogP contribution in [0.2, 0.25) is 0 Å². The van der Waals surface area contributed by atoms with Gasteiger partial charge >= 0.3 is 0 Å². The van der Waals surface area contributed by atoms with Gasteiger partial charge in [-0.1, -0.05) is 18.2 Å². The molecule has 0 unspecified atom stereocenters. The number of nitrogen functional groups attached to an aromatic ring is 1. The van der Waals surface area contributed by atoms with Gasteiger partial charge in [-0.3, -0.25) is 0 Å². The topological polar surface area (TPSA) is 60.4 Å². The van der Waals surface area contributed by atoms with Crippen LogP contribution < -0.4 is 15.8 Å². The van der Waals surface area contributed by atoms with Crippen molar-refractivity contribution >= 4 is 5.88 Å². The minimum atomic E-state index is 0.444. The molecule has 90 valence electrons. The molecule has 0 atom stereocenters. The number of para-hydroxylation sites is 1. The first-order valence-electron chi connectivity index (χ1n) is 5.46. The summed E-state index contributed by atoms with van der Waals surface area (Å²) >= 11 is 0. The van der Waals surface area contributed by atoms with Gasteiger partial charge in [-0.2, -0.15) is 0 Å². The monoisotopic (exact) mass is 232 g/mol. The Labute approximate surface area is 100 Å². The Morgan fingerprint density at radius 3 is 2.71 bits per heavy atom. The maximum atomic E-state index is 5.49. The zero-order chi connectivity index (χ0) is 12.1. The molecular formula is C13H16N2O2. The second kappa shape index (κ2) is 5.41. The van der Waals surface area contributed by atoms with E-state index in [1.54, 1.807) is 13.2 Å². The molecule has 0 bridgehead atoms. The van der Waals surface area contributed by atoms with Gasteiger partial charge in [0.2, 0.25) is 0 Å². The third-order valence-electron chi connectivity index (χ3n) is 2.49. The molecule has 1 aromatic heterocycles. The van der Waals surface area contributed by atoms with Crippen molar-refractivity contribution in [3.63, 3.8) is 0 Å². The number of methoxy groups -OCH3 is 1. The molecule has 3 N–H and O–H groups in total. The van der Waals surface area contributed by atoms with Crippen LogP contribution in [0.1, 0.15) is 11.3 Å². The van der Waals surface area contributed by atoms with Gasteiger partial charge in [0.05, 0.1) is 13.7 Å². The highest BCUT2D eigenvalue weighted by Gasteiger charge is 2.02. The SMILES string of the molecule is COc1ccccc1CNCc1ccc(N)o1. The normalized spacial score (nSPS) is 10.4. The number of hydrogen-bond donors (Lipinski definition) is 2. The smallest absolute Gasteiger partial charge is 0.190 e. The number of anilines is 1. The zero-order valence-corrected chi connectivity index (χ0v) is 9.77. The van der Waals surface area contributed by atoms with Crippen molar-refractivity contribution in [1.82, 2.24) is 5.32 Å². The van der Waals surface area contributed by atoms with Crippen LogP contribution in [-0.2, 0) is 13.1 Å². The highest BCUT2D eigenvalue weighted by molar-refractivity contribution is 5.33. The Balaban J connectivity index is 1.89. The number of benzene rings is 1. The largest absolute Gasteiger partial charge is 0.496 e. The molecule has 0 aliphatic rings. The third-order valence-corrected chi connectivity index (χ3v) is 2.49. The summed E-state index contributed by atoms with van der Waals surface area (Å²) < 4.78 is 10.5. The van der Waals surface area contributed by atoms with Gasteiger partial charge in [0.1, 0.15) is 11.5 Å². The summed E-state index contributed by atoms with van der Waals surface area (Å²) in [4.78, 5) is 0. The van der Waals surface area contributed by atoms with Gasteiger partial charge in [-0.15, -0.1) is 0 Å². The Morgan fingerprint density at radius 2 is 2.00 bits per heavy atom. The van der Waals surface area contributed by atoms with E-state index in [0.29, 0.717) is 12.4 Å². The summed E-state index contributed by atoms with van der Waals surface area (Å²) in [5.41, 5.74) is 6.61. The molecule has 0 fully saturated rings. The molecule has 0 aliphatic carbocycles. The molecule has 2 aromatic rings. The lowest BCUT2D eigenvalue weighted by Gasteiger charge is -2.08. The van der Waals surface area contributed by atoms with Crippen molar-refractivity contribution in [2.45, 2.75) is 13.1 Å². The summed E-state index contributed by atoms with van der Waals surface area (Å²) in [7, 11) is 1.67.